The molecule has 0 radical (unpaired) electrons. The molecule has 0 bridgehead atoms. The standard InChI is InChI=1S/C17H24N2O/c1-13(2)18-11-15-14-7-3-4-8-16(14)20-17(15)12-19-9-5-6-10-19/h3-4,7-8,13,18H,5-6,9-12H2,1-2H3. The van der Waals surface area contributed by atoms with E-state index in [1.807, 2.05) is 6.07 Å². The molecule has 2 aromatic rings. The molecule has 108 valence electrons. The Bertz CT molecular complexity index is 567. The SMILES string of the molecule is CC(C)NCc1c(CN2CCCC2)oc2ccccc12. The monoisotopic (exact) mass is 272 g/mol. The minimum atomic E-state index is 0.489. The van der Waals surface area contributed by atoms with Crippen molar-refractivity contribution in [1.82, 2.24) is 10.2 Å². The van der Waals surface area contributed by atoms with E-state index in [-0.39, 0.29) is 0 Å². The van der Waals surface area contributed by atoms with Crippen molar-refractivity contribution in [1.29, 1.82) is 0 Å². The number of para-hydroxylation sites is 1. The van der Waals surface area contributed by atoms with Gasteiger partial charge in [0.15, 0.2) is 0 Å². The first kappa shape index (κ1) is 13.7. The van der Waals surface area contributed by atoms with Crippen molar-refractivity contribution in [2.75, 3.05) is 13.1 Å². The zero-order chi connectivity index (χ0) is 13.9. The molecule has 0 unspecified atom stereocenters. The third kappa shape index (κ3) is 2.89. The van der Waals surface area contributed by atoms with Crippen LogP contribution in [0.2, 0.25) is 0 Å². The van der Waals surface area contributed by atoms with Crippen LogP contribution in [0.15, 0.2) is 28.7 Å². The molecule has 1 aliphatic heterocycles. The second-order valence-electron chi connectivity index (χ2n) is 6.02. The van der Waals surface area contributed by atoms with E-state index < -0.39 is 0 Å². The molecule has 0 atom stereocenters. The normalized spacial score (nSPS) is 16.6. The number of nitrogens with one attached hydrogen (secondary N) is 1. The lowest BCUT2D eigenvalue weighted by Crippen LogP contribution is -2.24. The summed E-state index contributed by atoms with van der Waals surface area (Å²) < 4.78 is 6.11. The average molecular weight is 272 g/mol. The van der Waals surface area contributed by atoms with Crippen molar-refractivity contribution in [3.05, 3.63) is 35.6 Å². The largest absolute Gasteiger partial charge is 0.459 e. The predicted octanol–water partition coefficient (Wildman–Crippen LogP) is 3.53. The highest BCUT2D eigenvalue weighted by molar-refractivity contribution is 5.82. The van der Waals surface area contributed by atoms with Crippen molar-refractivity contribution >= 4 is 11.0 Å². The van der Waals surface area contributed by atoms with Gasteiger partial charge >= 0.3 is 0 Å². The van der Waals surface area contributed by atoms with Gasteiger partial charge in [0.1, 0.15) is 11.3 Å². The molecule has 1 aliphatic rings. The van der Waals surface area contributed by atoms with E-state index in [1.54, 1.807) is 0 Å². The van der Waals surface area contributed by atoms with Gasteiger partial charge in [-0.2, -0.15) is 0 Å². The van der Waals surface area contributed by atoms with Crippen LogP contribution in [0.3, 0.4) is 0 Å². The fraction of sp³-hybridized carbons (Fsp3) is 0.529. The first-order chi connectivity index (χ1) is 9.74. The minimum absolute atomic E-state index is 0.489. The smallest absolute Gasteiger partial charge is 0.134 e. The number of rotatable bonds is 5. The number of likely N-dealkylation sites (tertiary alicyclic amines) is 1. The summed E-state index contributed by atoms with van der Waals surface area (Å²) in [5.41, 5.74) is 2.35. The second-order valence-corrected chi connectivity index (χ2v) is 6.02. The average Bonchev–Trinajstić information content (AvgIpc) is 3.04. The van der Waals surface area contributed by atoms with Gasteiger partial charge in [-0.25, -0.2) is 0 Å². The van der Waals surface area contributed by atoms with Crippen LogP contribution < -0.4 is 5.32 Å². The molecule has 1 saturated heterocycles. The first-order valence-electron chi connectivity index (χ1n) is 7.69. The molecule has 0 spiro atoms. The molecular formula is C17H24N2O. The molecule has 1 aromatic carbocycles. The maximum atomic E-state index is 6.11. The number of benzene rings is 1. The van der Waals surface area contributed by atoms with Gasteiger partial charge in [-0.1, -0.05) is 32.0 Å². The van der Waals surface area contributed by atoms with Crippen LogP contribution in [0.1, 0.15) is 38.0 Å². The predicted molar refractivity (Wildman–Crippen MR) is 82.7 cm³/mol. The Kier molecular flexibility index (Phi) is 4.08. The zero-order valence-corrected chi connectivity index (χ0v) is 12.5. The van der Waals surface area contributed by atoms with Gasteiger partial charge < -0.3 is 9.73 Å². The Labute approximate surface area is 120 Å². The molecule has 1 aromatic heterocycles. The molecule has 3 rings (SSSR count). The Hall–Kier alpha value is -1.32. The highest BCUT2D eigenvalue weighted by Crippen LogP contribution is 2.27. The van der Waals surface area contributed by atoms with Crippen molar-refractivity contribution in [2.45, 2.75) is 45.8 Å². The maximum absolute atomic E-state index is 6.11. The fourth-order valence-electron chi connectivity index (χ4n) is 2.92. The quantitative estimate of drug-likeness (QED) is 0.902. The van der Waals surface area contributed by atoms with E-state index in [2.05, 4.69) is 42.3 Å². The molecule has 3 heteroatoms. The summed E-state index contributed by atoms with van der Waals surface area (Å²) in [5, 5.41) is 4.79. The molecule has 1 fully saturated rings. The Balaban J connectivity index is 1.89. The summed E-state index contributed by atoms with van der Waals surface area (Å²) in [5.74, 6) is 1.14. The third-order valence-corrected chi connectivity index (χ3v) is 4.03. The molecule has 0 saturated carbocycles. The van der Waals surface area contributed by atoms with Gasteiger partial charge in [0.05, 0.1) is 6.54 Å². The van der Waals surface area contributed by atoms with Crippen LogP contribution in [-0.4, -0.2) is 24.0 Å². The van der Waals surface area contributed by atoms with Crippen molar-refractivity contribution in [3.8, 4) is 0 Å². The van der Waals surface area contributed by atoms with E-state index in [9.17, 15) is 0 Å². The van der Waals surface area contributed by atoms with Crippen LogP contribution in [0.25, 0.3) is 11.0 Å². The van der Waals surface area contributed by atoms with E-state index in [0.29, 0.717) is 6.04 Å². The summed E-state index contributed by atoms with van der Waals surface area (Å²) in [6.45, 7) is 8.61. The molecular weight excluding hydrogens is 248 g/mol. The van der Waals surface area contributed by atoms with Crippen LogP contribution in [0, 0.1) is 0 Å². The summed E-state index contributed by atoms with van der Waals surface area (Å²) in [4.78, 5) is 2.50. The van der Waals surface area contributed by atoms with Crippen LogP contribution in [-0.2, 0) is 13.1 Å². The van der Waals surface area contributed by atoms with E-state index in [1.165, 1.54) is 36.9 Å². The molecule has 0 aliphatic carbocycles. The first-order valence-corrected chi connectivity index (χ1v) is 7.69. The lowest BCUT2D eigenvalue weighted by Gasteiger charge is -2.14. The van der Waals surface area contributed by atoms with E-state index >= 15 is 0 Å². The van der Waals surface area contributed by atoms with Gasteiger partial charge in [-0.05, 0) is 32.0 Å². The summed E-state index contributed by atoms with van der Waals surface area (Å²) >= 11 is 0. The Morgan fingerprint density at radius 1 is 1.20 bits per heavy atom. The van der Waals surface area contributed by atoms with Crippen LogP contribution in [0.5, 0.6) is 0 Å². The Morgan fingerprint density at radius 3 is 2.70 bits per heavy atom. The fourth-order valence-corrected chi connectivity index (χ4v) is 2.92. The number of furan rings is 1. The molecule has 20 heavy (non-hydrogen) atoms. The summed E-state index contributed by atoms with van der Waals surface area (Å²) in [7, 11) is 0. The lowest BCUT2D eigenvalue weighted by molar-refractivity contribution is 0.299. The number of hydrogen-bond acceptors (Lipinski definition) is 3. The molecule has 1 N–H and O–H groups in total. The summed E-state index contributed by atoms with van der Waals surface area (Å²) in [6, 6.07) is 8.87. The topological polar surface area (TPSA) is 28.4 Å². The maximum Gasteiger partial charge on any atom is 0.134 e. The minimum Gasteiger partial charge on any atom is -0.459 e. The van der Waals surface area contributed by atoms with Crippen LogP contribution >= 0.6 is 0 Å². The highest BCUT2D eigenvalue weighted by Gasteiger charge is 2.19. The zero-order valence-electron chi connectivity index (χ0n) is 12.5. The highest BCUT2D eigenvalue weighted by atomic mass is 16.3. The summed E-state index contributed by atoms with van der Waals surface area (Å²) in [6.07, 6.45) is 2.64. The van der Waals surface area contributed by atoms with Gasteiger partial charge in [-0.3, -0.25) is 4.90 Å². The van der Waals surface area contributed by atoms with E-state index in [0.717, 1.165) is 24.4 Å². The van der Waals surface area contributed by atoms with Crippen molar-refractivity contribution < 1.29 is 4.42 Å². The van der Waals surface area contributed by atoms with Crippen molar-refractivity contribution in [2.24, 2.45) is 0 Å². The van der Waals surface area contributed by atoms with Gasteiger partial charge in [0.2, 0.25) is 0 Å². The van der Waals surface area contributed by atoms with E-state index in [4.69, 9.17) is 4.42 Å². The van der Waals surface area contributed by atoms with Crippen LogP contribution in [0.4, 0.5) is 0 Å². The number of fused-ring (bicyclic) bond motifs is 1. The molecule has 0 amide bonds. The third-order valence-electron chi connectivity index (χ3n) is 4.03. The second kappa shape index (κ2) is 5.98. The molecule has 3 nitrogen and oxygen atoms in total. The van der Waals surface area contributed by atoms with Gasteiger partial charge in [0.25, 0.3) is 0 Å². The lowest BCUT2D eigenvalue weighted by atomic mass is 10.1. The van der Waals surface area contributed by atoms with Gasteiger partial charge in [0, 0.05) is 23.5 Å². The van der Waals surface area contributed by atoms with Gasteiger partial charge in [-0.15, -0.1) is 0 Å². The number of hydrogen-bond donors (Lipinski definition) is 1. The number of nitrogens with zero attached hydrogens (tertiary/aromatic N) is 1. The Morgan fingerprint density at radius 2 is 1.95 bits per heavy atom. The van der Waals surface area contributed by atoms with Crippen molar-refractivity contribution in [3.63, 3.8) is 0 Å². The molecule has 2 heterocycles.